The summed E-state index contributed by atoms with van der Waals surface area (Å²) in [6.45, 7) is 3.48. The lowest BCUT2D eigenvalue weighted by Gasteiger charge is -2.35. The van der Waals surface area contributed by atoms with Crippen LogP contribution >= 0.6 is 0 Å². The maximum Gasteiger partial charge on any atom is 0.337 e. The normalized spacial score (nSPS) is 18.5. The molecule has 1 heterocycles. The van der Waals surface area contributed by atoms with E-state index in [-0.39, 0.29) is 23.6 Å². The van der Waals surface area contributed by atoms with Gasteiger partial charge in [0.15, 0.2) is 0 Å². The monoisotopic (exact) mass is 412 g/mol. The van der Waals surface area contributed by atoms with E-state index in [0.717, 1.165) is 0 Å². The Hall–Kier alpha value is -3.79. The minimum atomic E-state index is -0.851. The summed E-state index contributed by atoms with van der Waals surface area (Å²) >= 11 is 0. The molecule has 3 rings (SSSR count). The molecule has 0 aromatic heterocycles. The van der Waals surface area contributed by atoms with Gasteiger partial charge in [-0.1, -0.05) is 30.3 Å². The van der Waals surface area contributed by atoms with Crippen molar-refractivity contribution in [1.82, 2.24) is 10.6 Å². The van der Waals surface area contributed by atoms with Gasteiger partial charge in [-0.05, 0) is 19.4 Å². The van der Waals surface area contributed by atoms with Crippen molar-refractivity contribution in [3.05, 3.63) is 91.2 Å². The molecule has 0 fully saturated rings. The zero-order chi connectivity index (χ0) is 21.8. The second kappa shape index (κ2) is 8.70. The van der Waals surface area contributed by atoms with Crippen molar-refractivity contribution in [2.75, 3.05) is 6.61 Å². The molecule has 10 heteroatoms. The van der Waals surface area contributed by atoms with E-state index in [2.05, 4.69) is 10.6 Å². The molecule has 0 unspecified atom stereocenters. The largest absolute Gasteiger partial charge is 0.463 e. The van der Waals surface area contributed by atoms with Crippen LogP contribution in [-0.2, 0) is 9.53 Å². The lowest BCUT2D eigenvalue weighted by Crippen LogP contribution is -2.44. The Bertz CT molecular complexity index is 1040. The molecule has 0 aliphatic carbocycles. The lowest BCUT2D eigenvalue weighted by molar-refractivity contribution is -0.385. The van der Waals surface area contributed by atoms with E-state index in [9.17, 15) is 25.0 Å². The van der Waals surface area contributed by atoms with E-state index < -0.39 is 28.0 Å². The third-order valence-electron chi connectivity index (χ3n) is 4.74. The summed E-state index contributed by atoms with van der Waals surface area (Å²) in [5, 5.41) is 29.0. The highest BCUT2D eigenvalue weighted by Gasteiger charge is 2.36. The highest BCUT2D eigenvalue weighted by atomic mass is 16.6. The molecule has 0 amide bonds. The number of hydrogen-bond donors (Lipinski definition) is 2. The maximum atomic E-state index is 12.6. The summed E-state index contributed by atoms with van der Waals surface area (Å²) < 4.78 is 5.16. The minimum absolute atomic E-state index is 0.0869. The van der Waals surface area contributed by atoms with Gasteiger partial charge < -0.3 is 10.1 Å². The fourth-order valence-corrected chi connectivity index (χ4v) is 3.42. The molecule has 0 saturated carbocycles. The number of benzene rings is 2. The highest BCUT2D eigenvalue weighted by Crippen LogP contribution is 2.36. The van der Waals surface area contributed by atoms with E-state index >= 15 is 0 Å². The highest BCUT2D eigenvalue weighted by molar-refractivity contribution is 5.91. The van der Waals surface area contributed by atoms with Gasteiger partial charge in [0.05, 0.1) is 33.6 Å². The zero-order valence-electron chi connectivity index (χ0n) is 16.3. The average molecular weight is 412 g/mol. The Labute approximate surface area is 171 Å². The Morgan fingerprint density at radius 3 is 2.50 bits per heavy atom. The third kappa shape index (κ3) is 4.13. The fourth-order valence-electron chi connectivity index (χ4n) is 3.42. The molecule has 2 N–H and O–H groups in total. The molecule has 0 saturated heterocycles. The minimum Gasteiger partial charge on any atom is -0.463 e. The Balaban J connectivity index is 2.11. The molecule has 2 aromatic rings. The number of para-hydroxylation sites is 1. The predicted molar refractivity (Wildman–Crippen MR) is 107 cm³/mol. The van der Waals surface area contributed by atoms with Crippen molar-refractivity contribution in [1.29, 1.82) is 0 Å². The number of carbonyl (C=O) groups excluding carboxylic acids is 1. The first-order valence-corrected chi connectivity index (χ1v) is 9.21. The van der Waals surface area contributed by atoms with Crippen LogP contribution in [0.2, 0.25) is 0 Å². The van der Waals surface area contributed by atoms with Crippen LogP contribution in [0.3, 0.4) is 0 Å². The summed E-state index contributed by atoms with van der Waals surface area (Å²) in [7, 11) is 0. The second-order valence-corrected chi connectivity index (χ2v) is 6.60. The number of rotatable bonds is 6. The van der Waals surface area contributed by atoms with E-state index in [4.69, 9.17) is 4.74 Å². The average Bonchev–Trinajstić information content (AvgIpc) is 2.73. The first kappa shape index (κ1) is 20.9. The molecule has 1 aliphatic rings. The SMILES string of the molecule is CCOC(=O)C1=C(C)N[C@@H](c2cccc([N+](=O)[O-])c2)N[C@H]1c1ccccc1[N+](=O)[O-]. The molecule has 30 heavy (non-hydrogen) atoms. The second-order valence-electron chi connectivity index (χ2n) is 6.60. The van der Waals surface area contributed by atoms with Crippen molar-refractivity contribution in [2.24, 2.45) is 0 Å². The van der Waals surface area contributed by atoms with E-state index in [1.807, 2.05) is 0 Å². The Morgan fingerprint density at radius 2 is 1.83 bits per heavy atom. The third-order valence-corrected chi connectivity index (χ3v) is 4.74. The van der Waals surface area contributed by atoms with Gasteiger partial charge in [-0.3, -0.25) is 25.5 Å². The van der Waals surface area contributed by atoms with E-state index in [1.54, 1.807) is 44.2 Å². The van der Waals surface area contributed by atoms with Crippen LogP contribution in [0.4, 0.5) is 11.4 Å². The summed E-state index contributed by atoms with van der Waals surface area (Å²) in [5.74, 6) is -0.601. The van der Waals surface area contributed by atoms with Crippen molar-refractivity contribution in [2.45, 2.75) is 26.1 Å². The topological polar surface area (TPSA) is 137 Å². The quantitative estimate of drug-likeness (QED) is 0.419. The van der Waals surface area contributed by atoms with Crippen LogP contribution in [0.5, 0.6) is 0 Å². The summed E-state index contributed by atoms with van der Waals surface area (Å²) in [4.78, 5) is 34.3. The number of ether oxygens (including phenoxy) is 1. The predicted octanol–water partition coefficient (Wildman–Crippen LogP) is 3.27. The van der Waals surface area contributed by atoms with E-state index in [0.29, 0.717) is 16.8 Å². The van der Waals surface area contributed by atoms with Crippen molar-refractivity contribution >= 4 is 17.3 Å². The maximum absolute atomic E-state index is 12.6. The van der Waals surface area contributed by atoms with Gasteiger partial charge in [0.25, 0.3) is 11.4 Å². The number of nitrogens with one attached hydrogen (secondary N) is 2. The number of nitrogens with zero attached hydrogens (tertiary/aromatic N) is 2. The van der Waals surface area contributed by atoms with Crippen LogP contribution in [-0.4, -0.2) is 22.4 Å². The van der Waals surface area contributed by atoms with E-state index in [1.165, 1.54) is 18.2 Å². The van der Waals surface area contributed by atoms with Gasteiger partial charge in [-0.25, -0.2) is 4.79 Å². The summed E-state index contributed by atoms with van der Waals surface area (Å²) in [5.41, 5.74) is 1.29. The van der Waals surface area contributed by atoms with Gasteiger partial charge in [0, 0.05) is 23.9 Å². The fraction of sp³-hybridized carbons (Fsp3) is 0.250. The summed E-state index contributed by atoms with van der Waals surface area (Å²) in [6, 6.07) is 11.3. The number of nitro benzene ring substituents is 2. The zero-order valence-corrected chi connectivity index (χ0v) is 16.3. The van der Waals surface area contributed by atoms with Gasteiger partial charge >= 0.3 is 5.97 Å². The number of nitro groups is 2. The van der Waals surface area contributed by atoms with Crippen LogP contribution < -0.4 is 10.6 Å². The number of hydrogen-bond acceptors (Lipinski definition) is 8. The summed E-state index contributed by atoms with van der Waals surface area (Å²) in [6.07, 6.45) is -0.618. The van der Waals surface area contributed by atoms with Gasteiger partial charge in [0.2, 0.25) is 0 Å². The molecule has 10 nitrogen and oxygen atoms in total. The number of esters is 1. The van der Waals surface area contributed by atoms with Crippen molar-refractivity contribution in [3.63, 3.8) is 0 Å². The first-order valence-electron chi connectivity index (χ1n) is 9.21. The molecule has 1 aliphatic heterocycles. The Kier molecular flexibility index (Phi) is 6.07. The number of carbonyl (C=O) groups is 1. The van der Waals surface area contributed by atoms with Crippen LogP contribution in [0.15, 0.2) is 59.8 Å². The molecule has 2 aromatic carbocycles. The molecule has 2 atom stereocenters. The van der Waals surface area contributed by atoms with Crippen molar-refractivity contribution < 1.29 is 19.4 Å². The van der Waals surface area contributed by atoms with Crippen molar-refractivity contribution in [3.8, 4) is 0 Å². The standard InChI is InChI=1S/C20H20N4O6/c1-3-30-20(25)17-12(2)21-19(13-7-6-8-14(11-13)23(26)27)22-18(17)15-9-4-5-10-16(15)24(28)29/h4-11,18-19,21-22H,3H2,1-2H3/t18-,19+/m0/s1. The van der Waals surface area contributed by atoms with Crippen LogP contribution in [0.25, 0.3) is 0 Å². The van der Waals surface area contributed by atoms with Gasteiger partial charge in [-0.15, -0.1) is 0 Å². The molecule has 156 valence electrons. The number of allylic oxidation sites excluding steroid dienone is 1. The smallest absolute Gasteiger partial charge is 0.337 e. The number of non-ortho nitro benzene ring substituents is 1. The molecule has 0 spiro atoms. The van der Waals surface area contributed by atoms with Crippen LogP contribution in [0, 0.1) is 20.2 Å². The molecular weight excluding hydrogens is 392 g/mol. The molecule has 0 bridgehead atoms. The van der Waals surface area contributed by atoms with Gasteiger partial charge in [-0.2, -0.15) is 0 Å². The lowest BCUT2D eigenvalue weighted by atomic mass is 9.92. The Morgan fingerprint density at radius 1 is 1.10 bits per heavy atom. The van der Waals surface area contributed by atoms with Gasteiger partial charge in [0.1, 0.15) is 6.17 Å². The molecular formula is C20H20N4O6. The molecule has 0 radical (unpaired) electrons. The first-order chi connectivity index (χ1) is 14.3. The van der Waals surface area contributed by atoms with Crippen LogP contribution in [0.1, 0.15) is 37.2 Å².